The number of phenolic OH excluding ortho intramolecular Hbond substituents is 1. The summed E-state index contributed by atoms with van der Waals surface area (Å²) in [5.41, 5.74) is 8.46. The Hall–Kier alpha value is -1.55. The van der Waals surface area contributed by atoms with Gasteiger partial charge in [0, 0.05) is 13.0 Å². The zero-order valence-electron chi connectivity index (χ0n) is 10.0. The van der Waals surface area contributed by atoms with E-state index in [1.54, 1.807) is 6.07 Å². The molecule has 4 heteroatoms. The van der Waals surface area contributed by atoms with Gasteiger partial charge in [0.25, 0.3) is 5.97 Å². The second-order valence-electron chi connectivity index (χ2n) is 4.25. The molecule has 0 aliphatic heterocycles. The number of aryl methyl sites for hydroxylation is 1. The quantitative estimate of drug-likeness (QED) is 0.604. The summed E-state index contributed by atoms with van der Waals surface area (Å²) in [5, 5.41) is 16.7. The Morgan fingerprint density at radius 2 is 2.06 bits per heavy atom. The molecule has 0 radical (unpaired) electrons. The van der Waals surface area contributed by atoms with Crippen LogP contribution in [0.1, 0.15) is 43.4 Å². The molecule has 94 valence electrons. The average molecular weight is 237 g/mol. The predicted octanol–water partition coefficient (Wildman–Crippen LogP) is 2.21. The van der Waals surface area contributed by atoms with Crippen molar-refractivity contribution in [3.8, 4) is 5.75 Å². The molecule has 1 aliphatic carbocycles. The molecule has 0 bridgehead atoms. The first kappa shape index (κ1) is 13.5. The van der Waals surface area contributed by atoms with Crippen molar-refractivity contribution < 1.29 is 15.0 Å². The Morgan fingerprint density at radius 3 is 2.71 bits per heavy atom. The van der Waals surface area contributed by atoms with E-state index in [1.165, 1.54) is 24.0 Å². The molecule has 1 aromatic carbocycles. The summed E-state index contributed by atoms with van der Waals surface area (Å²) in [5.74, 6) is -0.479. The van der Waals surface area contributed by atoms with Gasteiger partial charge in [-0.25, -0.2) is 0 Å². The highest BCUT2D eigenvalue weighted by Crippen LogP contribution is 2.29. The Kier molecular flexibility index (Phi) is 4.97. The highest BCUT2D eigenvalue weighted by Gasteiger charge is 2.14. The van der Waals surface area contributed by atoms with Crippen LogP contribution >= 0.6 is 0 Å². The van der Waals surface area contributed by atoms with Crippen LogP contribution in [-0.4, -0.2) is 16.2 Å². The summed E-state index contributed by atoms with van der Waals surface area (Å²) in [4.78, 5) is 9.00. The standard InChI is InChI=1S/C11H15NO.C2H4O2/c12-11-4-2-1-3-8-7-9(13)5-6-10(8)11;1-2(3)4/h5-7,11,13H,1-4,12H2;1H3,(H,3,4). The summed E-state index contributed by atoms with van der Waals surface area (Å²) >= 11 is 0. The summed E-state index contributed by atoms with van der Waals surface area (Å²) in [6.07, 6.45) is 4.50. The summed E-state index contributed by atoms with van der Waals surface area (Å²) < 4.78 is 0. The van der Waals surface area contributed by atoms with Gasteiger partial charge in [-0.15, -0.1) is 0 Å². The van der Waals surface area contributed by atoms with Gasteiger partial charge in [0.15, 0.2) is 0 Å². The first-order valence-electron chi connectivity index (χ1n) is 5.77. The minimum Gasteiger partial charge on any atom is -0.508 e. The van der Waals surface area contributed by atoms with E-state index in [0.717, 1.165) is 19.8 Å². The van der Waals surface area contributed by atoms with E-state index >= 15 is 0 Å². The number of hydrogen-bond donors (Lipinski definition) is 3. The van der Waals surface area contributed by atoms with Gasteiger partial charge < -0.3 is 15.9 Å². The molecular weight excluding hydrogens is 218 g/mol. The molecule has 0 fully saturated rings. The van der Waals surface area contributed by atoms with E-state index in [0.29, 0.717) is 5.75 Å². The van der Waals surface area contributed by atoms with Crippen molar-refractivity contribution >= 4 is 5.97 Å². The topological polar surface area (TPSA) is 83.5 Å². The number of phenols is 1. The van der Waals surface area contributed by atoms with Crippen molar-refractivity contribution in [3.63, 3.8) is 0 Å². The van der Waals surface area contributed by atoms with Crippen molar-refractivity contribution in [1.29, 1.82) is 0 Å². The van der Waals surface area contributed by atoms with Crippen LogP contribution < -0.4 is 5.73 Å². The summed E-state index contributed by atoms with van der Waals surface area (Å²) in [6.45, 7) is 1.08. The van der Waals surface area contributed by atoms with E-state index in [2.05, 4.69) is 0 Å². The normalized spacial score (nSPS) is 18.4. The highest BCUT2D eigenvalue weighted by atomic mass is 16.4. The van der Waals surface area contributed by atoms with Crippen LogP contribution in [0.25, 0.3) is 0 Å². The third-order valence-electron chi connectivity index (χ3n) is 2.74. The van der Waals surface area contributed by atoms with E-state index < -0.39 is 5.97 Å². The lowest BCUT2D eigenvalue weighted by Crippen LogP contribution is -2.10. The number of carboxylic acid groups (broad SMARTS) is 1. The Labute approximate surface area is 101 Å². The monoisotopic (exact) mass is 237 g/mol. The smallest absolute Gasteiger partial charge is 0.300 e. The van der Waals surface area contributed by atoms with E-state index in [1.807, 2.05) is 12.1 Å². The molecule has 0 aromatic heterocycles. The van der Waals surface area contributed by atoms with Crippen molar-refractivity contribution in [1.82, 2.24) is 0 Å². The number of hydrogen-bond acceptors (Lipinski definition) is 3. The van der Waals surface area contributed by atoms with E-state index in [9.17, 15) is 5.11 Å². The largest absolute Gasteiger partial charge is 0.508 e. The fourth-order valence-corrected chi connectivity index (χ4v) is 2.01. The van der Waals surface area contributed by atoms with Gasteiger partial charge in [-0.2, -0.15) is 0 Å². The van der Waals surface area contributed by atoms with Gasteiger partial charge in [-0.1, -0.05) is 12.5 Å². The second-order valence-corrected chi connectivity index (χ2v) is 4.25. The lowest BCUT2D eigenvalue weighted by molar-refractivity contribution is -0.134. The highest BCUT2D eigenvalue weighted by molar-refractivity contribution is 5.62. The van der Waals surface area contributed by atoms with Crippen LogP contribution in [0.3, 0.4) is 0 Å². The molecule has 4 nitrogen and oxygen atoms in total. The van der Waals surface area contributed by atoms with Crippen LogP contribution in [0.2, 0.25) is 0 Å². The van der Waals surface area contributed by atoms with Crippen LogP contribution in [0, 0.1) is 0 Å². The number of rotatable bonds is 0. The zero-order valence-corrected chi connectivity index (χ0v) is 10.0. The maximum absolute atomic E-state index is 9.33. The Bertz CT molecular complexity index is 386. The van der Waals surface area contributed by atoms with Gasteiger partial charge >= 0.3 is 0 Å². The molecule has 0 saturated carbocycles. The molecule has 0 heterocycles. The maximum Gasteiger partial charge on any atom is 0.300 e. The number of aromatic hydroxyl groups is 1. The van der Waals surface area contributed by atoms with Gasteiger partial charge in [0.05, 0.1) is 0 Å². The molecule has 1 aromatic rings. The van der Waals surface area contributed by atoms with Crippen molar-refractivity contribution in [2.24, 2.45) is 5.73 Å². The maximum atomic E-state index is 9.33. The number of benzene rings is 1. The lowest BCUT2D eigenvalue weighted by Gasteiger charge is -2.12. The minimum atomic E-state index is -0.833. The molecule has 2 rings (SSSR count). The predicted molar refractivity (Wildman–Crippen MR) is 65.9 cm³/mol. The molecule has 4 N–H and O–H groups in total. The molecule has 1 aliphatic rings. The molecule has 0 spiro atoms. The van der Waals surface area contributed by atoms with Gasteiger partial charge in [0.2, 0.25) is 0 Å². The van der Waals surface area contributed by atoms with Gasteiger partial charge in [-0.05, 0) is 42.5 Å². The molecule has 0 saturated heterocycles. The van der Waals surface area contributed by atoms with Gasteiger partial charge in [0.1, 0.15) is 5.75 Å². The lowest BCUT2D eigenvalue weighted by atomic mass is 9.99. The van der Waals surface area contributed by atoms with Gasteiger partial charge in [-0.3, -0.25) is 4.79 Å². The Morgan fingerprint density at radius 1 is 1.41 bits per heavy atom. The Balaban J connectivity index is 0.000000317. The summed E-state index contributed by atoms with van der Waals surface area (Å²) in [7, 11) is 0. The number of fused-ring (bicyclic) bond motifs is 1. The molecule has 17 heavy (non-hydrogen) atoms. The SMILES string of the molecule is CC(=O)O.NC1CCCCc2cc(O)ccc21. The van der Waals surface area contributed by atoms with Crippen LogP contribution in [-0.2, 0) is 11.2 Å². The summed E-state index contributed by atoms with van der Waals surface area (Å²) in [6, 6.07) is 5.70. The molecular formula is C13H19NO3. The van der Waals surface area contributed by atoms with Crippen LogP contribution in [0.15, 0.2) is 18.2 Å². The van der Waals surface area contributed by atoms with Crippen LogP contribution in [0.4, 0.5) is 0 Å². The number of nitrogens with two attached hydrogens (primary N) is 1. The first-order chi connectivity index (χ1) is 8.00. The van der Waals surface area contributed by atoms with Crippen molar-refractivity contribution in [2.45, 2.75) is 38.6 Å². The number of carbonyl (C=O) groups is 1. The second kappa shape index (κ2) is 6.25. The fourth-order valence-electron chi connectivity index (χ4n) is 2.01. The fraction of sp³-hybridized carbons (Fsp3) is 0.462. The van der Waals surface area contributed by atoms with Crippen LogP contribution in [0.5, 0.6) is 5.75 Å². The number of aliphatic carboxylic acids is 1. The van der Waals surface area contributed by atoms with Crippen molar-refractivity contribution in [3.05, 3.63) is 29.3 Å². The third-order valence-corrected chi connectivity index (χ3v) is 2.74. The molecule has 1 unspecified atom stereocenters. The molecule has 0 amide bonds. The average Bonchev–Trinajstić information content (AvgIpc) is 2.39. The first-order valence-corrected chi connectivity index (χ1v) is 5.77. The van der Waals surface area contributed by atoms with Crippen molar-refractivity contribution in [2.75, 3.05) is 0 Å². The number of carboxylic acids is 1. The zero-order chi connectivity index (χ0) is 12.8. The third kappa shape index (κ3) is 4.44. The molecule has 1 atom stereocenters. The minimum absolute atomic E-state index is 0.165. The van der Waals surface area contributed by atoms with E-state index in [4.69, 9.17) is 15.6 Å². The van der Waals surface area contributed by atoms with E-state index in [-0.39, 0.29) is 6.04 Å².